The maximum atomic E-state index is 7.63. The van der Waals surface area contributed by atoms with Crippen LogP contribution in [0.2, 0.25) is 36.3 Å². The molecular weight excluding hydrogens is 528 g/mol. The van der Waals surface area contributed by atoms with Crippen LogP contribution in [0.15, 0.2) is 0 Å². The van der Waals surface area contributed by atoms with Crippen molar-refractivity contribution in [1.29, 1.82) is 0 Å². The van der Waals surface area contributed by atoms with Crippen LogP contribution in [-0.2, 0) is 30.8 Å². The third-order valence-electron chi connectivity index (χ3n) is 7.56. The standard InChI is InChI=1S/2C12H27OSi.2C3H7O.Ti/c2*1-4-7-10-14(13,11-8-5-2)12-9-6-3;2*1-2-3-4;/h2*4-12H2,1-3H3;2*2-3H2,1H3;/q4*-1;+4. The summed E-state index contributed by atoms with van der Waals surface area (Å²) in [6.45, 7) is 19.7. The van der Waals surface area contributed by atoms with E-state index in [9.17, 15) is 0 Å². The maximum absolute atomic E-state index is 7.63. The van der Waals surface area contributed by atoms with Crippen LogP contribution in [0.1, 0.15) is 145 Å². The van der Waals surface area contributed by atoms with Crippen LogP contribution < -0.4 is 0 Å². The summed E-state index contributed by atoms with van der Waals surface area (Å²) in [6.07, 6.45) is 16.8. The van der Waals surface area contributed by atoms with Gasteiger partial charge in [0.15, 0.2) is 0 Å². The second-order valence-electron chi connectivity index (χ2n) is 11.4. The van der Waals surface area contributed by atoms with Gasteiger partial charge in [0.2, 0.25) is 0 Å². The van der Waals surface area contributed by atoms with Crippen molar-refractivity contribution in [2.24, 2.45) is 0 Å². The van der Waals surface area contributed by atoms with Crippen molar-refractivity contribution in [2.75, 3.05) is 13.2 Å². The van der Waals surface area contributed by atoms with Crippen LogP contribution in [0.3, 0.4) is 0 Å². The van der Waals surface area contributed by atoms with Crippen LogP contribution in [0.25, 0.3) is 0 Å². The molecule has 0 unspecified atom stereocenters. The molecule has 0 atom stereocenters. The van der Waals surface area contributed by atoms with E-state index in [4.69, 9.17) is 12.7 Å². The molecule has 0 saturated carbocycles. The molecule has 7 heteroatoms. The van der Waals surface area contributed by atoms with Gasteiger partial charge in [0, 0.05) is 0 Å². The van der Waals surface area contributed by atoms with Crippen molar-refractivity contribution in [3.05, 3.63) is 0 Å². The monoisotopic (exact) mass is 596 g/mol. The third-order valence-corrected chi connectivity index (χ3v) is 24.7. The Labute approximate surface area is 241 Å². The van der Waals surface area contributed by atoms with Gasteiger partial charge in [-0.3, -0.25) is 0 Å². The fraction of sp³-hybridized carbons (Fsp3) is 1.00. The Morgan fingerprint density at radius 3 is 0.811 bits per heavy atom. The molecule has 0 heterocycles. The molecule has 0 aromatic carbocycles. The quantitative estimate of drug-likeness (QED) is 0.0842. The Hall–Kier alpha value is 0.988. The molecule has 0 aromatic heterocycles. The normalized spacial score (nSPS) is 13.0. The third kappa shape index (κ3) is 16.1. The van der Waals surface area contributed by atoms with E-state index in [1.165, 1.54) is 113 Å². The fourth-order valence-corrected chi connectivity index (χ4v) is 25.9. The average Bonchev–Trinajstić information content (AvgIpc) is 2.92. The summed E-state index contributed by atoms with van der Waals surface area (Å²) < 4.78 is 29.0. The minimum atomic E-state index is -3.98. The molecule has 0 fully saturated rings. The molecule has 37 heavy (non-hydrogen) atoms. The van der Waals surface area contributed by atoms with Crippen molar-refractivity contribution in [3.8, 4) is 0 Å². The van der Waals surface area contributed by atoms with Crippen molar-refractivity contribution in [2.45, 2.75) is 182 Å². The van der Waals surface area contributed by atoms with E-state index < -0.39 is 34.8 Å². The molecule has 0 aliphatic rings. The molecule has 0 bridgehead atoms. The van der Waals surface area contributed by atoms with Crippen molar-refractivity contribution >= 4 is 16.6 Å². The number of rotatable bonds is 28. The van der Waals surface area contributed by atoms with Crippen LogP contribution >= 0.6 is 0 Å². The zero-order valence-electron chi connectivity index (χ0n) is 26.7. The van der Waals surface area contributed by atoms with Crippen LogP contribution in [0.5, 0.6) is 0 Å². The van der Waals surface area contributed by atoms with E-state index in [0.717, 1.165) is 12.8 Å². The van der Waals surface area contributed by atoms with E-state index >= 15 is 0 Å². The van der Waals surface area contributed by atoms with E-state index in [-0.39, 0.29) is 0 Å². The van der Waals surface area contributed by atoms with E-state index in [2.05, 4.69) is 55.4 Å². The first-order valence-corrected chi connectivity index (χ1v) is 24.2. The molecule has 0 radical (unpaired) electrons. The van der Waals surface area contributed by atoms with Gasteiger partial charge in [0.25, 0.3) is 0 Å². The van der Waals surface area contributed by atoms with Crippen molar-refractivity contribution < 1.29 is 30.8 Å². The van der Waals surface area contributed by atoms with Crippen molar-refractivity contribution in [1.82, 2.24) is 0 Å². The van der Waals surface area contributed by atoms with Crippen LogP contribution in [-0.4, -0.2) is 29.8 Å². The SMILES string of the molecule is CCCC[Si](CCCC)(CCCC)[O][Ti]([O]CCC)([O]CCC)[O][Si](CCCC)(CCCC)CCCC. The second kappa shape index (κ2) is 23.7. The minimum absolute atomic E-state index is 0.698. The van der Waals surface area contributed by atoms with Crippen molar-refractivity contribution in [3.63, 3.8) is 0 Å². The predicted molar refractivity (Wildman–Crippen MR) is 164 cm³/mol. The molecular formula is C30H68O4Si2Ti. The number of hydrogen-bond donors (Lipinski definition) is 0. The Balaban J connectivity index is 6.67. The Morgan fingerprint density at radius 2 is 0.622 bits per heavy atom. The Bertz CT molecular complexity index is 422. The molecule has 0 rings (SSSR count). The Kier molecular flexibility index (Phi) is 24.3. The topological polar surface area (TPSA) is 36.9 Å². The van der Waals surface area contributed by atoms with E-state index in [1.54, 1.807) is 0 Å². The molecule has 224 valence electrons. The van der Waals surface area contributed by atoms with Gasteiger partial charge in [-0.15, -0.1) is 0 Å². The number of unbranched alkanes of at least 4 members (excludes halogenated alkanes) is 6. The first-order chi connectivity index (χ1) is 17.9. The van der Waals surface area contributed by atoms with Gasteiger partial charge in [0.1, 0.15) is 0 Å². The van der Waals surface area contributed by atoms with E-state index in [1.807, 2.05) is 0 Å². The average molecular weight is 597 g/mol. The van der Waals surface area contributed by atoms with Gasteiger partial charge in [0.05, 0.1) is 0 Å². The molecule has 0 amide bonds. The molecule has 0 aromatic rings. The zero-order chi connectivity index (χ0) is 27.9. The van der Waals surface area contributed by atoms with Gasteiger partial charge in [-0.2, -0.15) is 0 Å². The Morgan fingerprint density at radius 1 is 0.378 bits per heavy atom. The zero-order valence-corrected chi connectivity index (χ0v) is 30.3. The van der Waals surface area contributed by atoms with Gasteiger partial charge in [-0.25, -0.2) is 0 Å². The summed E-state index contributed by atoms with van der Waals surface area (Å²) in [7, 11) is -4.11. The summed E-state index contributed by atoms with van der Waals surface area (Å²) >= 11 is -3.98. The predicted octanol–water partition coefficient (Wildman–Crippen LogP) is 11.4. The molecule has 0 saturated heterocycles. The van der Waals surface area contributed by atoms with Gasteiger partial charge in [-0.1, -0.05) is 0 Å². The molecule has 0 aliphatic carbocycles. The van der Waals surface area contributed by atoms with Gasteiger partial charge < -0.3 is 0 Å². The molecule has 0 N–H and O–H groups in total. The summed E-state index contributed by atoms with van der Waals surface area (Å²) in [5, 5.41) is 0. The van der Waals surface area contributed by atoms with Gasteiger partial charge in [-0.05, 0) is 0 Å². The molecule has 0 aliphatic heterocycles. The summed E-state index contributed by atoms with van der Waals surface area (Å²) in [6, 6.07) is 7.41. The summed E-state index contributed by atoms with van der Waals surface area (Å²) in [5.41, 5.74) is 0. The first-order valence-electron chi connectivity index (χ1n) is 16.6. The van der Waals surface area contributed by atoms with Crippen LogP contribution in [0.4, 0.5) is 0 Å². The van der Waals surface area contributed by atoms with Gasteiger partial charge >= 0.3 is 242 Å². The first kappa shape index (κ1) is 38.0. The molecule has 4 nitrogen and oxygen atoms in total. The molecule has 0 spiro atoms. The van der Waals surface area contributed by atoms with E-state index in [0.29, 0.717) is 13.2 Å². The van der Waals surface area contributed by atoms with Crippen LogP contribution in [0, 0.1) is 0 Å². The second-order valence-corrected chi connectivity index (χ2v) is 23.9. The number of hydrogen-bond acceptors (Lipinski definition) is 4. The fourth-order valence-electron chi connectivity index (χ4n) is 5.21. The summed E-state index contributed by atoms with van der Waals surface area (Å²) in [4.78, 5) is 0. The summed E-state index contributed by atoms with van der Waals surface area (Å²) in [5.74, 6) is 0.